The summed E-state index contributed by atoms with van der Waals surface area (Å²) in [7, 11) is 1.67. The second-order valence-electron chi connectivity index (χ2n) is 4.57. The minimum absolute atomic E-state index is 0.619. The molecule has 0 aliphatic carbocycles. The van der Waals surface area contributed by atoms with E-state index < -0.39 is 0 Å². The van der Waals surface area contributed by atoms with Gasteiger partial charge in [0.25, 0.3) is 0 Å². The maximum Gasteiger partial charge on any atom is 0.0998 e. The van der Waals surface area contributed by atoms with E-state index in [2.05, 4.69) is 15.1 Å². The largest absolute Gasteiger partial charge is 0.398 e. The van der Waals surface area contributed by atoms with Gasteiger partial charge in [0.1, 0.15) is 0 Å². The SMILES string of the molecule is COCCn1cc(-n2cncc2-c2cnccc2N)cn1. The van der Waals surface area contributed by atoms with E-state index in [0.717, 1.165) is 16.9 Å². The van der Waals surface area contributed by atoms with E-state index in [4.69, 9.17) is 10.5 Å². The second-order valence-corrected chi connectivity index (χ2v) is 4.57. The van der Waals surface area contributed by atoms with Gasteiger partial charge in [-0.3, -0.25) is 14.2 Å². The van der Waals surface area contributed by atoms with Gasteiger partial charge in [-0.25, -0.2) is 4.98 Å². The van der Waals surface area contributed by atoms with Gasteiger partial charge in [-0.15, -0.1) is 0 Å². The van der Waals surface area contributed by atoms with Crippen molar-refractivity contribution in [1.82, 2.24) is 24.3 Å². The van der Waals surface area contributed by atoms with E-state index in [1.54, 1.807) is 44.3 Å². The first kappa shape index (κ1) is 13.3. The molecule has 0 fully saturated rings. The van der Waals surface area contributed by atoms with Crippen molar-refractivity contribution in [2.24, 2.45) is 0 Å². The summed E-state index contributed by atoms with van der Waals surface area (Å²) >= 11 is 0. The van der Waals surface area contributed by atoms with Crippen molar-refractivity contribution in [2.75, 3.05) is 19.5 Å². The van der Waals surface area contributed by atoms with Crippen LogP contribution in [-0.4, -0.2) is 38.0 Å². The Morgan fingerprint density at radius 1 is 1.24 bits per heavy atom. The highest BCUT2D eigenvalue weighted by molar-refractivity contribution is 5.73. The van der Waals surface area contributed by atoms with Crippen molar-refractivity contribution >= 4 is 5.69 Å². The molecule has 108 valence electrons. The Morgan fingerprint density at radius 2 is 2.14 bits per heavy atom. The molecule has 0 spiro atoms. The highest BCUT2D eigenvalue weighted by Crippen LogP contribution is 2.26. The standard InChI is InChI=1S/C14H16N6O/c1-21-5-4-19-9-11(6-18-19)20-10-17-8-14(20)12-7-16-3-2-13(12)15/h2-3,6-10H,4-5H2,1H3,(H2,15,16). The molecule has 0 saturated carbocycles. The molecular weight excluding hydrogens is 268 g/mol. The number of methoxy groups -OCH3 is 1. The van der Waals surface area contributed by atoms with Crippen LogP contribution in [0.5, 0.6) is 0 Å². The summed E-state index contributed by atoms with van der Waals surface area (Å²) in [5, 5.41) is 4.31. The molecule has 3 heterocycles. The number of nitrogens with two attached hydrogens (primary N) is 1. The summed E-state index contributed by atoms with van der Waals surface area (Å²) in [6.07, 6.45) is 10.6. The molecule has 7 nitrogen and oxygen atoms in total. The van der Waals surface area contributed by atoms with Gasteiger partial charge in [-0.2, -0.15) is 5.10 Å². The lowest BCUT2D eigenvalue weighted by molar-refractivity contribution is 0.183. The Labute approximate surface area is 122 Å². The molecule has 0 aromatic carbocycles. The number of nitrogens with zero attached hydrogens (tertiary/aromatic N) is 5. The lowest BCUT2D eigenvalue weighted by Gasteiger charge is -2.07. The molecule has 0 aliphatic rings. The first-order chi connectivity index (χ1) is 10.3. The number of nitrogen functional groups attached to an aromatic ring is 1. The van der Waals surface area contributed by atoms with Crippen LogP contribution in [0, 0.1) is 0 Å². The first-order valence-electron chi connectivity index (χ1n) is 6.53. The van der Waals surface area contributed by atoms with Crippen LogP contribution in [0.2, 0.25) is 0 Å². The normalized spacial score (nSPS) is 10.9. The molecule has 0 aliphatic heterocycles. The zero-order valence-corrected chi connectivity index (χ0v) is 11.7. The number of imidazole rings is 1. The Kier molecular flexibility index (Phi) is 3.65. The van der Waals surface area contributed by atoms with Gasteiger partial charge in [-0.05, 0) is 6.07 Å². The molecule has 3 aromatic heterocycles. The van der Waals surface area contributed by atoms with Crippen LogP contribution in [0.15, 0.2) is 43.4 Å². The molecule has 0 saturated heterocycles. The van der Waals surface area contributed by atoms with E-state index >= 15 is 0 Å². The number of pyridine rings is 1. The fraction of sp³-hybridized carbons (Fsp3) is 0.214. The molecule has 3 aromatic rings. The molecule has 21 heavy (non-hydrogen) atoms. The smallest absolute Gasteiger partial charge is 0.0998 e. The third kappa shape index (κ3) is 2.63. The quantitative estimate of drug-likeness (QED) is 0.764. The van der Waals surface area contributed by atoms with E-state index in [9.17, 15) is 0 Å². The lowest BCUT2D eigenvalue weighted by atomic mass is 10.2. The van der Waals surface area contributed by atoms with Crippen LogP contribution in [-0.2, 0) is 11.3 Å². The van der Waals surface area contributed by atoms with Crippen LogP contribution < -0.4 is 5.73 Å². The predicted molar refractivity (Wildman–Crippen MR) is 78.9 cm³/mol. The van der Waals surface area contributed by atoms with Gasteiger partial charge in [0.05, 0.1) is 43.3 Å². The first-order valence-corrected chi connectivity index (χ1v) is 6.53. The van der Waals surface area contributed by atoms with Gasteiger partial charge in [-0.1, -0.05) is 0 Å². The van der Waals surface area contributed by atoms with Crippen molar-refractivity contribution in [1.29, 1.82) is 0 Å². The number of rotatable bonds is 5. The number of hydrogen-bond donors (Lipinski definition) is 1. The number of ether oxygens (including phenoxy) is 1. The van der Waals surface area contributed by atoms with Crippen LogP contribution in [0.25, 0.3) is 16.9 Å². The molecule has 0 amide bonds. The van der Waals surface area contributed by atoms with Crippen LogP contribution in [0.1, 0.15) is 0 Å². The van der Waals surface area contributed by atoms with Crippen molar-refractivity contribution in [2.45, 2.75) is 6.54 Å². The monoisotopic (exact) mass is 284 g/mol. The van der Waals surface area contributed by atoms with Gasteiger partial charge >= 0.3 is 0 Å². The summed E-state index contributed by atoms with van der Waals surface area (Å²) < 4.78 is 8.81. The van der Waals surface area contributed by atoms with Crippen LogP contribution in [0.4, 0.5) is 5.69 Å². The molecule has 0 atom stereocenters. The lowest BCUT2D eigenvalue weighted by Crippen LogP contribution is -2.04. The van der Waals surface area contributed by atoms with Crippen molar-refractivity contribution < 1.29 is 4.74 Å². The van der Waals surface area contributed by atoms with Crippen molar-refractivity contribution in [3.63, 3.8) is 0 Å². The minimum Gasteiger partial charge on any atom is -0.398 e. The van der Waals surface area contributed by atoms with Crippen molar-refractivity contribution in [3.8, 4) is 16.9 Å². The third-order valence-electron chi connectivity index (χ3n) is 3.19. The molecule has 0 radical (unpaired) electrons. The zero-order chi connectivity index (χ0) is 14.7. The maximum absolute atomic E-state index is 6.01. The maximum atomic E-state index is 6.01. The Balaban J connectivity index is 1.96. The molecule has 2 N–H and O–H groups in total. The summed E-state index contributed by atoms with van der Waals surface area (Å²) in [5.74, 6) is 0. The van der Waals surface area contributed by atoms with Crippen molar-refractivity contribution in [3.05, 3.63) is 43.4 Å². The molecule has 3 rings (SSSR count). The van der Waals surface area contributed by atoms with Crippen LogP contribution >= 0.6 is 0 Å². The van der Waals surface area contributed by atoms with Gasteiger partial charge in [0, 0.05) is 37.0 Å². The molecule has 7 heteroatoms. The Bertz CT molecular complexity index is 732. The summed E-state index contributed by atoms with van der Waals surface area (Å²) in [5.41, 5.74) is 9.32. The highest BCUT2D eigenvalue weighted by atomic mass is 16.5. The van der Waals surface area contributed by atoms with Gasteiger partial charge in [0.2, 0.25) is 0 Å². The average Bonchev–Trinajstić information content (AvgIpc) is 3.14. The summed E-state index contributed by atoms with van der Waals surface area (Å²) in [4.78, 5) is 8.33. The average molecular weight is 284 g/mol. The van der Waals surface area contributed by atoms with E-state index in [-0.39, 0.29) is 0 Å². The molecular formula is C14H16N6O. The van der Waals surface area contributed by atoms with E-state index in [1.165, 1.54) is 0 Å². The van der Waals surface area contributed by atoms with E-state index in [0.29, 0.717) is 18.8 Å². The second kappa shape index (κ2) is 5.76. The minimum atomic E-state index is 0.619. The number of anilines is 1. The topological polar surface area (TPSA) is 83.8 Å². The Hall–Kier alpha value is -2.67. The fourth-order valence-corrected chi connectivity index (χ4v) is 2.10. The highest BCUT2D eigenvalue weighted by Gasteiger charge is 2.11. The zero-order valence-electron chi connectivity index (χ0n) is 11.7. The third-order valence-corrected chi connectivity index (χ3v) is 3.19. The van der Waals surface area contributed by atoms with Crippen LogP contribution in [0.3, 0.4) is 0 Å². The van der Waals surface area contributed by atoms with E-state index in [1.807, 2.05) is 15.4 Å². The van der Waals surface area contributed by atoms with Gasteiger partial charge in [0.15, 0.2) is 0 Å². The summed E-state index contributed by atoms with van der Waals surface area (Å²) in [6, 6.07) is 1.77. The number of hydrogen-bond acceptors (Lipinski definition) is 5. The molecule has 0 unspecified atom stereocenters. The van der Waals surface area contributed by atoms with Gasteiger partial charge < -0.3 is 10.5 Å². The summed E-state index contributed by atoms with van der Waals surface area (Å²) in [6.45, 7) is 1.32. The fourth-order valence-electron chi connectivity index (χ4n) is 2.10. The Morgan fingerprint density at radius 3 is 2.95 bits per heavy atom. The number of aromatic nitrogens is 5. The predicted octanol–water partition coefficient (Wildman–Crippen LogP) is 1.36. The molecule has 0 bridgehead atoms.